The third-order valence-corrected chi connectivity index (χ3v) is 6.28. The van der Waals surface area contributed by atoms with Gasteiger partial charge in [-0.3, -0.25) is 10.1 Å². The van der Waals surface area contributed by atoms with Crippen molar-refractivity contribution in [1.29, 1.82) is 0 Å². The zero-order valence-electron chi connectivity index (χ0n) is 17.8. The summed E-state index contributed by atoms with van der Waals surface area (Å²) in [5.41, 5.74) is 3.76. The summed E-state index contributed by atoms with van der Waals surface area (Å²) >= 11 is 7.73. The molecular formula is C23H21ClFN5OS. The highest BCUT2D eigenvalue weighted by Crippen LogP contribution is 2.29. The fourth-order valence-electron chi connectivity index (χ4n) is 3.24. The predicted molar refractivity (Wildman–Crippen MR) is 125 cm³/mol. The van der Waals surface area contributed by atoms with E-state index in [0.29, 0.717) is 28.3 Å². The van der Waals surface area contributed by atoms with E-state index in [1.807, 2.05) is 12.1 Å². The van der Waals surface area contributed by atoms with E-state index >= 15 is 0 Å². The van der Waals surface area contributed by atoms with E-state index in [0.717, 1.165) is 11.1 Å². The molecule has 2 aromatic heterocycles. The Morgan fingerprint density at radius 3 is 2.47 bits per heavy atom. The average molecular weight is 470 g/mol. The fraction of sp³-hybridized carbons (Fsp3) is 0.217. The summed E-state index contributed by atoms with van der Waals surface area (Å²) < 4.78 is 14.6. The molecular weight excluding hydrogens is 449 g/mol. The standard InChI is InChI=1S/C23H21ClFN5OS/c1-13(2)16-6-8-17(9-7-16)22-27-28-23(32-22)26-21(31)19-14(3)29-30(20(19)24)12-15-4-10-18(25)11-5-15/h4-11,13H,12H2,1-3H3,(H,26,28,31). The van der Waals surface area contributed by atoms with Gasteiger partial charge in [-0.1, -0.05) is 73.2 Å². The molecule has 1 N–H and O–H groups in total. The number of rotatable bonds is 6. The maximum Gasteiger partial charge on any atom is 0.262 e. The molecule has 0 fully saturated rings. The normalized spacial score (nSPS) is 11.2. The lowest BCUT2D eigenvalue weighted by atomic mass is 10.0. The monoisotopic (exact) mass is 469 g/mol. The van der Waals surface area contributed by atoms with Crippen molar-refractivity contribution in [2.24, 2.45) is 0 Å². The number of hydrogen-bond acceptors (Lipinski definition) is 5. The van der Waals surface area contributed by atoms with Gasteiger partial charge in [0.15, 0.2) is 0 Å². The SMILES string of the molecule is Cc1nn(Cc2ccc(F)cc2)c(Cl)c1C(=O)Nc1nnc(-c2ccc(C(C)C)cc2)s1. The number of aryl methyl sites for hydroxylation is 1. The predicted octanol–water partition coefficient (Wildman–Crippen LogP) is 5.93. The first kappa shape index (κ1) is 22.1. The second-order valence-electron chi connectivity index (χ2n) is 7.68. The van der Waals surface area contributed by atoms with Crippen LogP contribution in [0.25, 0.3) is 10.6 Å². The van der Waals surface area contributed by atoms with Crippen LogP contribution in [0, 0.1) is 12.7 Å². The lowest BCUT2D eigenvalue weighted by molar-refractivity contribution is 0.102. The van der Waals surface area contributed by atoms with Crippen LogP contribution in [-0.2, 0) is 6.54 Å². The Hall–Kier alpha value is -3.10. The number of carbonyl (C=O) groups is 1. The Kier molecular flexibility index (Phi) is 6.34. The molecule has 4 aromatic rings. The first-order valence-electron chi connectivity index (χ1n) is 10.0. The van der Waals surface area contributed by atoms with Crippen LogP contribution >= 0.6 is 22.9 Å². The topological polar surface area (TPSA) is 72.7 Å². The van der Waals surface area contributed by atoms with Crippen molar-refractivity contribution in [3.63, 3.8) is 0 Å². The summed E-state index contributed by atoms with van der Waals surface area (Å²) in [6, 6.07) is 14.2. The van der Waals surface area contributed by atoms with E-state index in [9.17, 15) is 9.18 Å². The third kappa shape index (κ3) is 4.71. The van der Waals surface area contributed by atoms with Gasteiger partial charge in [-0.15, -0.1) is 10.2 Å². The number of amides is 1. The summed E-state index contributed by atoms with van der Waals surface area (Å²) in [7, 11) is 0. The van der Waals surface area contributed by atoms with Gasteiger partial charge in [0, 0.05) is 5.56 Å². The van der Waals surface area contributed by atoms with E-state index in [4.69, 9.17) is 11.6 Å². The van der Waals surface area contributed by atoms with Crippen molar-refractivity contribution >= 4 is 34.0 Å². The number of carbonyl (C=O) groups excluding carboxylic acids is 1. The Labute approximate surface area is 194 Å². The Balaban J connectivity index is 1.49. The molecule has 0 aliphatic carbocycles. The Bertz CT molecular complexity index is 1250. The highest BCUT2D eigenvalue weighted by atomic mass is 35.5. The second-order valence-corrected chi connectivity index (χ2v) is 9.01. The van der Waals surface area contributed by atoms with Crippen molar-refractivity contribution in [1.82, 2.24) is 20.0 Å². The molecule has 0 saturated carbocycles. The molecule has 2 aromatic carbocycles. The van der Waals surface area contributed by atoms with Crippen LogP contribution in [0.2, 0.25) is 5.15 Å². The number of nitrogens with one attached hydrogen (secondary N) is 1. The van der Waals surface area contributed by atoms with Gasteiger partial charge in [0.05, 0.1) is 17.8 Å². The molecule has 1 amide bonds. The number of anilines is 1. The summed E-state index contributed by atoms with van der Waals surface area (Å²) in [5.74, 6) is -0.273. The van der Waals surface area contributed by atoms with Gasteiger partial charge in [0.1, 0.15) is 16.0 Å². The number of nitrogens with zero attached hydrogens (tertiary/aromatic N) is 4. The summed E-state index contributed by atoms with van der Waals surface area (Å²) in [6.07, 6.45) is 0. The first-order valence-corrected chi connectivity index (χ1v) is 11.2. The maximum absolute atomic E-state index is 13.1. The van der Waals surface area contributed by atoms with Crippen molar-refractivity contribution in [3.05, 3.63) is 81.9 Å². The Morgan fingerprint density at radius 1 is 1.12 bits per heavy atom. The van der Waals surface area contributed by atoms with Crippen LogP contribution in [0.15, 0.2) is 48.5 Å². The zero-order chi connectivity index (χ0) is 22.8. The molecule has 0 atom stereocenters. The van der Waals surface area contributed by atoms with Gasteiger partial charge < -0.3 is 0 Å². The lowest BCUT2D eigenvalue weighted by Gasteiger charge is -2.05. The van der Waals surface area contributed by atoms with Crippen molar-refractivity contribution in [3.8, 4) is 10.6 Å². The largest absolute Gasteiger partial charge is 0.296 e. The van der Waals surface area contributed by atoms with E-state index < -0.39 is 5.91 Å². The highest BCUT2D eigenvalue weighted by Gasteiger charge is 2.22. The van der Waals surface area contributed by atoms with Crippen LogP contribution in [0.1, 0.15) is 46.9 Å². The quantitative estimate of drug-likeness (QED) is 0.380. The minimum Gasteiger partial charge on any atom is -0.296 e. The third-order valence-electron chi connectivity index (χ3n) is 5.01. The van der Waals surface area contributed by atoms with Gasteiger partial charge >= 0.3 is 0 Å². The summed E-state index contributed by atoms with van der Waals surface area (Å²) in [6.45, 7) is 6.32. The average Bonchev–Trinajstić information content (AvgIpc) is 3.33. The molecule has 0 aliphatic rings. The molecule has 0 radical (unpaired) electrons. The lowest BCUT2D eigenvalue weighted by Crippen LogP contribution is -2.13. The molecule has 0 spiro atoms. The van der Waals surface area contributed by atoms with Crippen molar-refractivity contribution in [2.75, 3.05) is 5.32 Å². The molecule has 0 aliphatic heterocycles. The highest BCUT2D eigenvalue weighted by molar-refractivity contribution is 7.18. The van der Waals surface area contributed by atoms with E-state index in [1.54, 1.807) is 19.1 Å². The van der Waals surface area contributed by atoms with Crippen LogP contribution in [-0.4, -0.2) is 25.9 Å². The smallest absolute Gasteiger partial charge is 0.262 e. The number of halogens is 2. The minimum atomic E-state index is -0.407. The van der Waals surface area contributed by atoms with Crippen LogP contribution < -0.4 is 5.32 Å². The minimum absolute atomic E-state index is 0.207. The molecule has 164 valence electrons. The molecule has 0 unspecified atom stereocenters. The van der Waals surface area contributed by atoms with Crippen LogP contribution in [0.4, 0.5) is 9.52 Å². The molecule has 6 nitrogen and oxygen atoms in total. The maximum atomic E-state index is 13.1. The van der Waals surface area contributed by atoms with Crippen LogP contribution in [0.5, 0.6) is 0 Å². The van der Waals surface area contributed by atoms with E-state index in [-0.39, 0.29) is 16.5 Å². The molecule has 2 heterocycles. The molecule has 4 rings (SSSR count). The second kappa shape index (κ2) is 9.18. The Morgan fingerprint density at radius 2 is 1.81 bits per heavy atom. The summed E-state index contributed by atoms with van der Waals surface area (Å²) in [4.78, 5) is 12.9. The number of aromatic nitrogens is 4. The van der Waals surface area contributed by atoms with Gasteiger partial charge in [0.2, 0.25) is 5.13 Å². The van der Waals surface area contributed by atoms with E-state index in [1.165, 1.54) is 33.7 Å². The molecule has 0 saturated heterocycles. The van der Waals surface area contributed by atoms with E-state index in [2.05, 4.69) is 46.6 Å². The van der Waals surface area contributed by atoms with Gasteiger partial charge in [-0.2, -0.15) is 5.10 Å². The fourth-order valence-corrected chi connectivity index (χ4v) is 4.30. The number of benzene rings is 2. The van der Waals surface area contributed by atoms with Crippen molar-refractivity contribution < 1.29 is 9.18 Å². The van der Waals surface area contributed by atoms with Crippen molar-refractivity contribution in [2.45, 2.75) is 33.2 Å². The van der Waals surface area contributed by atoms with Crippen LogP contribution in [0.3, 0.4) is 0 Å². The molecule has 32 heavy (non-hydrogen) atoms. The number of hydrogen-bond donors (Lipinski definition) is 1. The first-order chi connectivity index (χ1) is 15.3. The summed E-state index contributed by atoms with van der Waals surface area (Å²) in [5, 5.41) is 16.7. The zero-order valence-corrected chi connectivity index (χ0v) is 19.3. The molecule has 0 bridgehead atoms. The van der Waals surface area contributed by atoms with Gasteiger partial charge in [-0.05, 0) is 36.1 Å². The van der Waals surface area contributed by atoms with Gasteiger partial charge in [-0.25, -0.2) is 9.07 Å². The molecule has 9 heteroatoms. The van der Waals surface area contributed by atoms with Gasteiger partial charge in [0.25, 0.3) is 5.91 Å².